The van der Waals surface area contributed by atoms with E-state index >= 15 is 0 Å². The SMILES string of the molecule is CC(C)NCCNc1nncs1. The quantitative estimate of drug-likeness (QED) is 0.672. The minimum absolute atomic E-state index is 0.543. The molecule has 0 atom stereocenters. The molecule has 0 saturated carbocycles. The molecule has 2 N–H and O–H groups in total. The van der Waals surface area contributed by atoms with Crippen LogP contribution in [-0.4, -0.2) is 29.3 Å². The van der Waals surface area contributed by atoms with Crippen LogP contribution in [0.4, 0.5) is 5.13 Å². The van der Waals surface area contributed by atoms with E-state index in [9.17, 15) is 0 Å². The van der Waals surface area contributed by atoms with Crippen LogP contribution in [0.15, 0.2) is 5.51 Å². The van der Waals surface area contributed by atoms with E-state index < -0.39 is 0 Å². The Kier molecular flexibility index (Phi) is 3.96. The van der Waals surface area contributed by atoms with Gasteiger partial charge in [-0.05, 0) is 0 Å². The fourth-order valence-corrected chi connectivity index (χ4v) is 1.25. The number of rotatable bonds is 5. The maximum absolute atomic E-state index is 3.86. The summed E-state index contributed by atoms with van der Waals surface area (Å²) in [5, 5.41) is 14.9. The van der Waals surface area contributed by atoms with Crippen LogP contribution in [0.5, 0.6) is 0 Å². The maximum Gasteiger partial charge on any atom is 0.205 e. The standard InChI is InChI=1S/C7H14N4S/c1-6(2)8-3-4-9-7-11-10-5-12-7/h5-6,8H,3-4H2,1-2H3,(H,9,11). The lowest BCUT2D eigenvalue weighted by Gasteiger charge is -2.07. The van der Waals surface area contributed by atoms with E-state index in [1.54, 1.807) is 5.51 Å². The van der Waals surface area contributed by atoms with Gasteiger partial charge in [0, 0.05) is 19.1 Å². The van der Waals surface area contributed by atoms with Crippen LogP contribution in [-0.2, 0) is 0 Å². The number of aromatic nitrogens is 2. The molecule has 0 saturated heterocycles. The van der Waals surface area contributed by atoms with E-state index in [-0.39, 0.29) is 0 Å². The van der Waals surface area contributed by atoms with Crippen molar-refractivity contribution in [1.29, 1.82) is 0 Å². The summed E-state index contributed by atoms with van der Waals surface area (Å²) in [4.78, 5) is 0. The molecule has 0 fully saturated rings. The predicted molar refractivity (Wildman–Crippen MR) is 51.5 cm³/mol. The maximum atomic E-state index is 3.86. The van der Waals surface area contributed by atoms with Gasteiger partial charge in [0.25, 0.3) is 0 Å². The van der Waals surface area contributed by atoms with Crippen LogP contribution in [0.2, 0.25) is 0 Å². The minimum Gasteiger partial charge on any atom is -0.359 e. The van der Waals surface area contributed by atoms with E-state index in [0.29, 0.717) is 6.04 Å². The van der Waals surface area contributed by atoms with Crippen LogP contribution in [0, 0.1) is 0 Å². The van der Waals surface area contributed by atoms with Crippen molar-refractivity contribution in [3.05, 3.63) is 5.51 Å². The summed E-state index contributed by atoms with van der Waals surface area (Å²) in [6.07, 6.45) is 0. The van der Waals surface area contributed by atoms with Crippen LogP contribution in [0.3, 0.4) is 0 Å². The zero-order chi connectivity index (χ0) is 8.81. The summed E-state index contributed by atoms with van der Waals surface area (Å²) in [6, 6.07) is 0.543. The molecule has 68 valence electrons. The van der Waals surface area contributed by atoms with Gasteiger partial charge in [0.2, 0.25) is 5.13 Å². The Bertz CT molecular complexity index is 197. The molecule has 0 radical (unpaired) electrons. The topological polar surface area (TPSA) is 49.8 Å². The normalized spacial score (nSPS) is 10.6. The van der Waals surface area contributed by atoms with E-state index in [1.807, 2.05) is 0 Å². The average Bonchev–Trinajstić information content (AvgIpc) is 2.49. The first kappa shape index (κ1) is 9.41. The molecule has 0 aliphatic heterocycles. The summed E-state index contributed by atoms with van der Waals surface area (Å²) in [7, 11) is 0. The molecule has 1 rings (SSSR count). The smallest absolute Gasteiger partial charge is 0.205 e. The molecular formula is C7H14N4S. The first-order chi connectivity index (χ1) is 5.79. The van der Waals surface area contributed by atoms with E-state index in [4.69, 9.17) is 0 Å². The van der Waals surface area contributed by atoms with Gasteiger partial charge in [0.1, 0.15) is 5.51 Å². The highest BCUT2D eigenvalue weighted by Gasteiger charge is 1.94. The lowest BCUT2D eigenvalue weighted by Crippen LogP contribution is -2.28. The molecule has 4 nitrogen and oxygen atoms in total. The van der Waals surface area contributed by atoms with Gasteiger partial charge in [-0.25, -0.2) is 0 Å². The van der Waals surface area contributed by atoms with Gasteiger partial charge in [-0.2, -0.15) is 0 Å². The fraction of sp³-hybridized carbons (Fsp3) is 0.714. The van der Waals surface area contributed by atoms with Gasteiger partial charge in [-0.15, -0.1) is 10.2 Å². The molecule has 1 aromatic heterocycles. The average molecular weight is 186 g/mol. The van der Waals surface area contributed by atoms with Crippen molar-refractivity contribution < 1.29 is 0 Å². The highest BCUT2D eigenvalue weighted by Crippen LogP contribution is 2.06. The zero-order valence-electron chi connectivity index (χ0n) is 7.37. The monoisotopic (exact) mass is 186 g/mol. The number of anilines is 1. The number of nitrogens with zero attached hydrogens (tertiary/aromatic N) is 2. The summed E-state index contributed by atoms with van der Waals surface area (Å²) < 4.78 is 0. The Labute approximate surface area is 76.4 Å². The van der Waals surface area contributed by atoms with Crippen molar-refractivity contribution in [2.45, 2.75) is 19.9 Å². The van der Waals surface area contributed by atoms with Gasteiger partial charge in [-0.3, -0.25) is 0 Å². The van der Waals surface area contributed by atoms with Crippen LogP contribution in [0.25, 0.3) is 0 Å². The van der Waals surface area contributed by atoms with Crippen LogP contribution in [0.1, 0.15) is 13.8 Å². The Balaban J connectivity index is 2.04. The van der Waals surface area contributed by atoms with Crippen molar-refractivity contribution >= 4 is 16.5 Å². The molecular weight excluding hydrogens is 172 g/mol. The summed E-state index contributed by atoms with van der Waals surface area (Å²) in [5.41, 5.74) is 1.72. The molecule has 1 aromatic rings. The lowest BCUT2D eigenvalue weighted by atomic mass is 10.4. The third-order valence-electron chi connectivity index (χ3n) is 1.31. The lowest BCUT2D eigenvalue weighted by molar-refractivity contribution is 0.602. The highest BCUT2D eigenvalue weighted by molar-refractivity contribution is 7.13. The molecule has 0 unspecified atom stereocenters. The highest BCUT2D eigenvalue weighted by atomic mass is 32.1. The first-order valence-electron chi connectivity index (χ1n) is 4.02. The minimum atomic E-state index is 0.543. The van der Waals surface area contributed by atoms with Crippen molar-refractivity contribution in [3.8, 4) is 0 Å². The molecule has 0 aromatic carbocycles. The Morgan fingerprint density at radius 3 is 2.92 bits per heavy atom. The molecule has 12 heavy (non-hydrogen) atoms. The molecule has 0 aliphatic rings. The van der Waals surface area contributed by atoms with Gasteiger partial charge < -0.3 is 10.6 Å². The largest absolute Gasteiger partial charge is 0.359 e. The molecule has 0 aliphatic carbocycles. The van der Waals surface area contributed by atoms with Crippen LogP contribution >= 0.6 is 11.3 Å². The molecule has 5 heteroatoms. The Hall–Kier alpha value is -0.680. The second-order valence-electron chi connectivity index (χ2n) is 2.78. The second kappa shape index (κ2) is 5.05. The molecule has 1 heterocycles. The van der Waals surface area contributed by atoms with Crippen molar-refractivity contribution in [2.24, 2.45) is 0 Å². The summed E-state index contributed by atoms with van der Waals surface area (Å²) in [5.74, 6) is 0. The molecule has 0 spiro atoms. The zero-order valence-corrected chi connectivity index (χ0v) is 8.19. The van der Waals surface area contributed by atoms with Gasteiger partial charge in [-0.1, -0.05) is 25.2 Å². The van der Waals surface area contributed by atoms with Crippen molar-refractivity contribution in [1.82, 2.24) is 15.5 Å². The number of hydrogen-bond acceptors (Lipinski definition) is 5. The first-order valence-corrected chi connectivity index (χ1v) is 4.90. The van der Waals surface area contributed by atoms with E-state index in [1.165, 1.54) is 11.3 Å². The number of hydrogen-bond donors (Lipinski definition) is 2. The third-order valence-corrected chi connectivity index (χ3v) is 1.96. The molecule has 0 amide bonds. The fourth-order valence-electron chi connectivity index (χ4n) is 0.780. The van der Waals surface area contributed by atoms with E-state index in [2.05, 4.69) is 34.7 Å². The van der Waals surface area contributed by atoms with Crippen LogP contribution < -0.4 is 10.6 Å². The summed E-state index contributed by atoms with van der Waals surface area (Å²) >= 11 is 1.52. The Morgan fingerprint density at radius 1 is 1.50 bits per heavy atom. The van der Waals surface area contributed by atoms with Gasteiger partial charge in [0.05, 0.1) is 0 Å². The Morgan fingerprint density at radius 2 is 2.33 bits per heavy atom. The van der Waals surface area contributed by atoms with Gasteiger partial charge >= 0.3 is 0 Å². The second-order valence-corrected chi connectivity index (χ2v) is 3.61. The van der Waals surface area contributed by atoms with Gasteiger partial charge in [0.15, 0.2) is 0 Å². The molecule has 0 bridgehead atoms. The third kappa shape index (κ3) is 3.64. The van der Waals surface area contributed by atoms with Crippen molar-refractivity contribution in [3.63, 3.8) is 0 Å². The van der Waals surface area contributed by atoms with Crippen molar-refractivity contribution in [2.75, 3.05) is 18.4 Å². The number of nitrogens with one attached hydrogen (secondary N) is 2. The predicted octanol–water partition coefficient (Wildman–Crippen LogP) is 0.948. The van der Waals surface area contributed by atoms with E-state index in [0.717, 1.165) is 18.2 Å². The summed E-state index contributed by atoms with van der Waals surface area (Å²) in [6.45, 7) is 6.11.